The van der Waals surface area contributed by atoms with E-state index in [1.807, 2.05) is 30.3 Å². The van der Waals surface area contributed by atoms with Gasteiger partial charge >= 0.3 is 0 Å². The normalized spacial score (nSPS) is 10.2. The molecule has 0 bridgehead atoms. The highest BCUT2D eigenvalue weighted by Crippen LogP contribution is 2.25. The van der Waals surface area contributed by atoms with E-state index in [-0.39, 0.29) is 0 Å². The van der Waals surface area contributed by atoms with Crippen LogP contribution < -0.4 is 10.5 Å². The maximum Gasteiger partial charge on any atom is 0.153 e. The van der Waals surface area contributed by atoms with Crippen molar-refractivity contribution >= 4 is 6.29 Å². The van der Waals surface area contributed by atoms with Crippen molar-refractivity contribution in [3.8, 4) is 16.9 Å². The topological polar surface area (TPSA) is 52.3 Å². The van der Waals surface area contributed by atoms with E-state index in [1.54, 1.807) is 7.11 Å². The molecule has 2 rings (SSSR count). The molecule has 0 amide bonds. The molecule has 2 N–H and O–H groups in total. The van der Waals surface area contributed by atoms with Gasteiger partial charge in [0.2, 0.25) is 0 Å². The standard InChI is InChI=1S/C16H17NO2/c1-19-16-7-6-14(10-15(16)11-18)13-4-2-12(3-5-13)8-9-17/h2-7,10-11H,8-9,17H2,1H3. The molecule has 0 aliphatic carbocycles. The van der Waals surface area contributed by atoms with Crippen LogP contribution in [0.2, 0.25) is 0 Å². The van der Waals surface area contributed by atoms with Gasteiger partial charge in [-0.1, -0.05) is 30.3 Å². The number of benzene rings is 2. The molecule has 0 fully saturated rings. The third-order valence-corrected chi connectivity index (χ3v) is 3.08. The molecule has 0 saturated heterocycles. The Hall–Kier alpha value is -2.13. The first-order valence-corrected chi connectivity index (χ1v) is 6.21. The minimum absolute atomic E-state index is 0.561. The molecule has 2 aromatic rings. The zero-order valence-electron chi connectivity index (χ0n) is 10.9. The van der Waals surface area contributed by atoms with Gasteiger partial charge in [-0.25, -0.2) is 0 Å². The highest BCUT2D eigenvalue weighted by atomic mass is 16.5. The number of hydrogen-bond donors (Lipinski definition) is 1. The highest BCUT2D eigenvalue weighted by molar-refractivity contribution is 5.83. The van der Waals surface area contributed by atoms with E-state index >= 15 is 0 Å². The lowest BCUT2D eigenvalue weighted by Crippen LogP contribution is -2.02. The van der Waals surface area contributed by atoms with Crippen molar-refractivity contribution in [2.24, 2.45) is 5.73 Å². The SMILES string of the molecule is COc1ccc(-c2ccc(CCN)cc2)cc1C=O. The predicted molar refractivity (Wildman–Crippen MR) is 76.6 cm³/mol. The molecule has 98 valence electrons. The molecule has 0 unspecified atom stereocenters. The fraction of sp³-hybridized carbons (Fsp3) is 0.188. The van der Waals surface area contributed by atoms with Gasteiger partial charge in [0.15, 0.2) is 6.29 Å². The van der Waals surface area contributed by atoms with Crippen LogP contribution in [0.4, 0.5) is 0 Å². The molecule has 0 saturated carbocycles. The van der Waals surface area contributed by atoms with Crippen LogP contribution in [0.1, 0.15) is 15.9 Å². The molecule has 0 heterocycles. The monoisotopic (exact) mass is 255 g/mol. The molecule has 19 heavy (non-hydrogen) atoms. The van der Waals surface area contributed by atoms with E-state index < -0.39 is 0 Å². The fourth-order valence-electron chi connectivity index (χ4n) is 2.04. The Kier molecular flexibility index (Phi) is 4.31. The van der Waals surface area contributed by atoms with Crippen molar-refractivity contribution in [2.45, 2.75) is 6.42 Å². The highest BCUT2D eigenvalue weighted by Gasteiger charge is 2.05. The van der Waals surface area contributed by atoms with Crippen LogP contribution in [0.25, 0.3) is 11.1 Å². The summed E-state index contributed by atoms with van der Waals surface area (Å²) in [5.41, 5.74) is 9.38. The summed E-state index contributed by atoms with van der Waals surface area (Å²) in [4.78, 5) is 11.0. The first kappa shape index (κ1) is 13.3. The Morgan fingerprint density at radius 2 is 1.79 bits per heavy atom. The van der Waals surface area contributed by atoms with E-state index in [1.165, 1.54) is 5.56 Å². The van der Waals surface area contributed by atoms with Gasteiger partial charge in [-0.15, -0.1) is 0 Å². The molecule has 3 heteroatoms. The number of rotatable bonds is 5. The van der Waals surface area contributed by atoms with Gasteiger partial charge in [-0.3, -0.25) is 4.79 Å². The molecular weight excluding hydrogens is 238 g/mol. The Balaban J connectivity index is 2.33. The second-order valence-corrected chi connectivity index (χ2v) is 4.31. The van der Waals surface area contributed by atoms with Crippen molar-refractivity contribution in [2.75, 3.05) is 13.7 Å². The number of carbonyl (C=O) groups excluding carboxylic acids is 1. The number of ether oxygens (including phenoxy) is 1. The third kappa shape index (κ3) is 3.01. The van der Waals surface area contributed by atoms with Gasteiger partial charge in [0.05, 0.1) is 12.7 Å². The minimum Gasteiger partial charge on any atom is -0.496 e. The lowest BCUT2D eigenvalue weighted by molar-refractivity contribution is 0.112. The summed E-state index contributed by atoms with van der Waals surface area (Å²) in [7, 11) is 1.56. The summed E-state index contributed by atoms with van der Waals surface area (Å²) >= 11 is 0. The molecule has 2 aromatic carbocycles. The average Bonchev–Trinajstić information content (AvgIpc) is 2.47. The van der Waals surface area contributed by atoms with Gasteiger partial charge in [0, 0.05) is 0 Å². The minimum atomic E-state index is 0.561. The maximum atomic E-state index is 11.0. The van der Waals surface area contributed by atoms with E-state index in [0.29, 0.717) is 17.9 Å². The Bertz CT molecular complexity index is 561. The Morgan fingerprint density at radius 1 is 1.11 bits per heavy atom. The molecule has 0 aliphatic heterocycles. The van der Waals surface area contributed by atoms with Gasteiger partial charge in [-0.2, -0.15) is 0 Å². The van der Waals surface area contributed by atoms with Crippen molar-refractivity contribution in [1.29, 1.82) is 0 Å². The first-order chi connectivity index (χ1) is 9.28. The van der Waals surface area contributed by atoms with E-state index in [2.05, 4.69) is 12.1 Å². The van der Waals surface area contributed by atoms with Gasteiger partial charge in [0.1, 0.15) is 5.75 Å². The molecule has 0 atom stereocenters. The fourth-order valence-corrected chi connectivity index (χ4v) is 2.04. The van der Waals surface area contributed by atoms with E-state index in [9.17, 15) is 4.79 Å². The van der Waals surface area contributed by atoms with Gasteiger partial charge in [0.25, 0.3) is 0 Å². The predicted octanol–water partition coefficient (Wildman–Crippen LogP) is 2.68. The summed E-state index contributed by atoms with van der Waals surface area (Å²) in [5.74, 6) is 0.596. The van der Waals surface area contributed by atoms with Crippen molar-refractivity contribution < 1.29 is 9.53 Å². The smallest absolute Gasteiger partial charge is 0.153 e. The second kappa shape index (κ2) is 6.16. The van der Waals surface area contributed by atoms with Crippen molar-refractivity contribution in [1.82, 2.24) is 0 Å². The summed E-state index contributed by atoms with van der Waals surface area (Å²) in [5, 5.41) is 0. The lowest BCUT2D eigenvalue weighted by Gasteiger charge is -2.07. The summed E-state index contributed by atoms with van der Waals surface area (Å²) < 4.78 is 5.13. The maximum absolute atomic E-state index is 11.0. The Morgan fingerprint density at radius 3 is 2.37 bits per heavy atom. The van der Waals surface area contributed by atoms with E-state index in [0.717, 1.165) is 23.8 Å². The van der Waals surface area contributed by atoms with Crippen LogP contribution in [0, 0.1) is 0 Å². The molecule has 0 radical (unpaired) electrons. The second-order valence-electron chi connectivity index (χ2n) is 4.31. The molecule has 0 spiro atoms. The van der Waals surface area contributed by atoms with Crippen LogP contribution in [0.15, 0.2) is 42.5 Å². The summed E-state index contributed by atoms with van der Waals surface area (Å²) in [6.07, 6.45) is 1.69. The molecular formula is C16H17NO2. The van der Waals surface area contributed by atoms with Crippen LogP contribution in [0.5, 0.6) is 5.75 Å². The number of hydrogen-bond acceptors (Lipinski definition) is 3. The van der Waals surface area contributed by atoms with Crippen LogP contribution >= 0.6 is 0 Å². The third-order valence-electron chi connectivity index (χ3n) is 3.08. The Labute approximate surface area is 113 Å². The van der Waals surface area contributed by atoms with Crippen molar-refractivity contribution in [3.05, 3.63) is 53.6 Å². The van der Waals surface area contributed by atoms with Crippen molar-refractivity contribution in [3.63, 3.8) is 0 Å². The summed E-state index contributed by atoms with van der Waals surface area (Å²) in [6, 6.07) is 13.8. The largest absolute Gasteiger partial charge is 0.496 e. The number of nitrogens with two attached hydrogens (primary N) is 1. The van der Waals surface area contributed by atoms with Crippen LogP contribution in [-0.4, -0.2) is 19.9 Å². The van der Waals surface area contributed by atoms with Gasteiger partial charge in [-0.05, 0) is 41.8 Å². The van der Waals surface area contributed by atoms with Crippen LogP contribution in [-0.2, 0) is 6.42 Å². The first-order valence-electron chi connectivity index (χ1n) is 6.21. The quantitative estimate of drug-likeness (QED) is 0.836. The summed E-state index contributed by atoms with van der Waals surface area (Å²) in [6.45, 7) is 0.650. The lowest BCUT2D eigenvalue weighted by atomic mass is 10.0. The number of methoxy groups -OCH3 is 1. The zero-order valence-corrected chi connectivity index (χ0v) is 10.9. The molecule has 0 aliphatic rings. The average molecular weight is 255 g/mol. The van der Waals surface area contributed by atoms with Crippen LogP contribution in [0.3, 0.4) is 0 Å². The van der Waals surface area contributed by atoms with E-state index in [4.69, 9.17) is 10.5 Å². The van der Waals surface area contributed by atoms with Gasteiger partial charge < -0.3 is 10.5 Å². The number of aldehydes is 1. The number of carbonyl (C=O) groups is 1. The molecule has 3 nitrogen and oxygen atoms in total. The zero-order chi connectivity index (χ0) is 13.7. The molecule has 0 aromatic heterocycles.